The quantitative estimate of drug-likeness (QED) is 0.490. The second-order valence-corrected chi connectivity index (χ2v) is 9.46. The summed E-state index contributed by atoms with van der Waals surface area (Å²) in [6.45, 7) is 10.5. The van der Waals surface area contributed by atoms with Gasteiger partial charge in [-0.25, -0.2) is 0 Å². The molecule has 0 spiro atoms. The van der Waals surface area contributed by atoms with Crippen molar-refractivity contribution in [2.75, 3.05) is 6.61 Å². The lowest BCUT2D eigenvalue weighted by atomic mass is 9.81. The van der Waals surface area contributed by atoms with Gasteiger partial charge in [0.1, 0.15) is 23.9 Å². The van der Waals surface area contributed by atoms with E-state index in [1.54, 1.807) is 13.8 Å². The van der Waals surface area contributed by atoms with E-state index in [2.05, 4.69) is 0 Å². The second kappa shape index (κ2) is 10.1. The molecule has 2 heterocycles. The summed E-state index contributed by atoms with van der Waals surface area (Å²) in [5.41, 5.74) is -3.20. The molecule has 2 aliphatic rings. The van der Waals surface area contributed by atoms with Gasteiger partial charge >= 0.3 is 5.97 Å². The summed E-state index contributed by atoms with van der Waals surface area (Å²) in [4.78, 5) is 38.7. The largest absolute Gasteiger partial charge is 0.459 e. The fraction of sp³-hybridized carbons (Fsp3) is 0.870. The van der Waals surface area contributed by atoms with E-state index in [1.807, 2.05) is 13.8 Å². The first-order valence-corrected chi connectivity index (χ1v) is 11.4. The zero-order valence-corrected chi connectivity index (χ0v) is 19.6. The summed E-state index contributed by atoms with van der Waals surface area (Å²) >= 11 is 0. The van der Waals surface area contributed by atoms with E-state index < -0.39 is 59.1 Å². The van der Waals surface area contributed by atoms with Gasteiger partial charge in [-0.3, -0.25) is 14.4 Å². The van der Waals surface area contributed by atoms with Gasteiger partial charge in [-0.15, -0.1) is 0 Å². The van der Waals surface area contributed by atoms with Gasteiger partial charge in [0.05, 0.1) is 12.0 Å². The van der Waals surface area contributed by atoms with Crippen molar-refractivity contribution >= 4 is 17.5 Å². The van der Waals surface area contributed by atoms with Crippen molar-refractivity contribution in [3.63, 3.8) is 0 Å². The number of carbonyl (C=O) groups excluding carboxylic acids is 3. The van der Waals surface area contributed by atoms with Gasteiger partial charge in [0, 0.05) is 13.0 Å². The molecule has 31 heavy (non-hydrogen) atoms. The number of esters is 1. The molecule has 2 saturated heterocycles. The number of cyclic esters (lactones) is 1. The van der Waals surface area contributed by atoms with Crippen LogP contribution in [-0.4, -0.2) is 70.0 Å². The molecule has 0 unspecified atom stereocenters. The summed E-state index contributed by atoms with van der Waals surface area (Å²) in [6, 6.07) is 0. The molecule has 0 amide bonds. The van der Waals surface area contributed by atoms with E-state index in [0.717, 1.165) is 12.8 Å². The number of aliphatic hydroxyl groups excluding tert-OH is 1. The molecule has 8 heteroatoms. The summed E-state index contributed by atoms with van der Waals surface area (Å²) in [7, 11) is 0. The lowest BCUT2D eigenvalue weighted by Crippen LogP contribution is -2.51. The third kappa shape index (κ3) is 5.35. The number of aliphatic hydroxyl groups is 2. The van der Waals surface area contributed by atoms with Crippen molar-refractivity contribution in [2.24, 2.45) is 11.8 Å². The zero-order chi connectivity index (χ0) is 23.6. The fourth-order valence-electron chi connectivity index (χ4n) is 4.50. The number of rotatable bonds is 5. The molecule has 178 valence electrons. The Hall–Kier alpha value is -1.35. The minimum Gasteiger partial charge on any atom is -0.459 e. The number of unbranched alkanes of at least 4 members (excludes halogenated alkanes) is 1. The molecule has 0 aliphatic carbocycles. The lowest BCUT2D eigenvalue weighted by molar-refractivity contribution is -0.179. The van der Waals surface area contributed by atoms with Crippen LogP contribution in [0.15, 0.2) is 0 Å². The Bertz CT molecular complexity index is 674. The van der Waals surface area contributed by atoms with Gasteiger partial charge in [0.25, 0.3) is 0 Å². The average molecular weight is 443 g/mol. The summed E-state index contributed by atoms with van der Waals surface area (Å²) in [5, 5.41) is 21.5. The normalized spacial score (nSPS) is 42.5. The van der Waals surface area contributed by atoms with E-state index in [0.29, 0.717) is 6.61 Å². The van der Waals surface area contributed by atoms with E-state index in [-0.39, 0.29) is 25.2 Å². The number of ketones is 2. The lowest BCUT2D eigenvalue weighted by Gasteiger charge is -2.34. The molecule has 2 bridgehead atoms. The van der Waals surface area contributed by atoms with Crippen molar-refractivity contribution in [3.05, 3.63) is 0 Å². The van der Waals surface area contributed by atoms with Crippen LogP contribution >= 0.6 is 0 Å². The van der Waals surface area contributed by atoms with Gasteiger partial charge in [-0.05, 0) is 46.0 Å². The van der Waals surface area contributed by atoms with Gasteiger partial charge in [-0.1, -0.05) is 27.2 Å². The average Bonchev–Trinajstić information content (AvgIpc) is 2.93. The highest BCUT2D eigenvalue weighted by molar-refractivity contribution is 5.94. The maximum absolute atomic E-state index is 13.1. The molecule has 0 aromatic heterocycles. The van der Waals surface area contributed by atoms with Crippen molar-refractivity contribution in [1.29, 1.82) is 0 Å². The Labute approximate surface area is 184 Å². The maximum atomic E-state index is 13.1. The Kier molecular flexibility index (Phi) is 8.41. The highest BCUT2D eigenvalue weighted by atomic mass is 16.6. The molecule has 8 atom stereocenters. The Balaban J connectivity index is 2.44. The molecule has 0 aromatic carbocycles. The van der Waals surface area contributed by atoms with E-state index in [4.69, 9.17) is 14.2 Å². The van der Waals surface area contributed by atoms with Crippen LogP contribution in [0, 0.1) is 11.8 Å². The fourth-order valence-corrected chi connectivity index (χ4v) is 4.50. The number of hydrogen-bond donors (Lipinski definition) is 2. The minimum atomic E-state index is -1.89. The molecule has 2 rings (SSSR count). The number of hydrogen-bond acceptors (Lipinski definition) is 8. The van der Waals surface area contributed by atoms with Crippen molar-refractivity contribution in [1.82, 2.24) is 0 Å². The SMILES string of the molecule is CCCCO[C@@H]1CC(=O)[C@](C)(O)[C@@H](CC)OC(=O)[C@H](C)[C@H]2O[C@@](C)(C[C@H]1C)C(=O)[C@@H]2O. The van der Waals surface area contributed by atoms with Crippen LogP contribution in [0.2, 0.25) is 0 Å². The first-order valence-electron chi connectivity index (χ1n) is 11.4. The minimum absolute atomic E-state index is 0.0856. The third-order valence-corrected chi connectivity index (χ3v) is 6.75. The number of carbonyl (C=O) groups is 3. The van der Waals surface area contributed by atoms with Crippen LogP contribution in [0.25, 0.3) is 0 Å². The Morgan fingerprint density at radius 2 is 1.81 bits per heavy atom. The molecular weight excluding hydrogens is 404 g/mol. The topological polar surface area (TPSA) is 119 Å². The van der Waals surface area contributed by atoms with Crippen LogP contribution < -0.4 is 0 Å². The molecule has 0 radical (unpaired) electrons. The highest BCUT2D eigenvalue weighted by Gasteiger charge is 2.55. The molecule has 2 aliphatic heterocycles. The standard InChI is InChI=1S/C23H38O8/c1-7-9-10-29-15-11-16(24)23(6,28)17(8-2)30-21(27)14(4)19-18(25)20(26)22(5,31-19)12-13(15)3/h13-15,17-19,25,28H,7-12H2,1-6H3/t13-,14-,15-,17-,18-,19-,22+,23+/m1/s1. The van der Waals surface area contributed by atoms with E-state index >= 15 is 0 Å². The highest BCUT2D eigenvalue weighted by Crippen LogP contribution is 2.38. The molecule has 0 aromatic rings. The smallest absolute Gasteiger partial charge is 0.311 e. The number of ether oxygens (including phenoxy) is 3. The first-order chi connectivity index (χ1) is 14.4. The summed E-state index contributed by atoms with van der Waals surface area (Å²) in [6.07, 6.45) is -2.05. The summed E-state index contributed by atoms with van der Waals surface area (Å²) in [5.74, 6) is -2.92. The predicted octanol–water partition coefficient (Wildman–Crippen LogP) is 1.97. The van der Waals surface area contributed by atoms with Crippen LogP contribution in [0.5, 0.6) is 0 Å². The van der Waals surface area contributed by atoms with E-state index in [9.17, 15) is 24.6 Å². The predicted molar refractivity (Wildman–Crippen MR) is 112 cm³/mol. The van der Waals surface area contributed by atoms with Gasteiger partial charge in [0.15, 0.2) is 17.2 Å². The van der Waals surface area contributed by atoms with Gasteiger partial charge in [-0.2, -0.15) is 0 Å². The molecule has 8 nitrogen and oxygen atoms in total. The van der Waals surface area contributed by atoms with Gasteiger partial charge in [0.2, 0.25) is 0 Å². The second-order valence-electron chi connectivity index (χ2n) is 9.46. The van der Waals surface area contributed by atoms with Crippen LogP contribution in [0.4, 0.5) is 0 Å². The Morgan fingerprint density at radius 1 is 1.16 bits per heavy atom. The third-order valence-electron chi connectivity index (χ3n) is 6.75. The maximum Gasteiger partial charge on any atom is 0.311 e. The molecule has 0 saturated carbocycles. The van der Waals surface area contributed by atoms with Crippen molar-refractivity contribution in [3.8, 4) is 0 Å². The molecule has 2 fully saturated rings. The van der Waals surface area contributed by atoms with Crippen molar-refractivity contribution < 1.29 is 38.8 Å². The van der Waals surface area contributed by atoms with Gasteiger partial charge < -0.3 is 24.4 Å². The first kappa shape index (κ1) is 25.9. The number of Topliss-reactive ketones (excluding diaryl/α,β-unsaturated/α-hetero) is 2. The zero-order valence-electron chi connectivity index (χ0n) is 19.6. The van der Waals surface area contributed by atoms with Crippen LogP contribution in [0.1, 0.15) is 73.6 Å². The summed E-state index contributed by atoms with van der Waals surface area (Å²) < 4.78 is 17.4. The molecular formula is C23H38O8. The Morgan fingerprint density at radius 3 is 2.39 bits per heavy atom. The molecule has 2 N–H and O–H groups in total. The van der Waals surface area contributed by atoms with E-state index in [1.165, 1.54) is 13.8 Å². The number of fused-ring (bicyclic) bond motifs is 2. The van der Waals surface area contributed by atoms with Crippen LogP contribution in [0.3, 0.4) is 0 Å². The monoisotopic (exact) mass is 442 g/mol. The van der Waals surface area contributed by atoms with Crippen molar-refractivity contribution in [2.45, 2.75) is 109 Å². The van der Waals surface area contributed by atoms with Crippen LogP contribution in [-0.2, 0) is 28.6 Å².